The molecule has 1 aromatic carbocycles. The SMILES string of the molecule is [Br][Mg][CH2]c1ccccc1.[CH3][Mg][I]. The average molecular weight is 362 g/mol. The van der Waals surface area contributed by atoms with E-state index < -0.39 is 0 Å². The van der Waals surface area contributed by atoms with Crippen LogP contribution in [0.1, 0.15) is 5.56 Å². The number of hydrogen-bond donors (Lipinski definition) is 0. The van der Waals surface area contributed by atoms with Gasteiger partial charge in [-0.2, -0.15) is 0 Å². The molecule has 60 valence electrons. The molecule has 0 bridgehead atoms. The van der Waals surface area contributed by atoms with Crippen LogP contribution in [-0.2, 0) is 4.55 Å². The summed E-state index contributed by atoms with van der Waals surface area (Å²) in [6, 6.07) is 10.6. The van der Waals surface area contributed by atoms with Crippen LogP contribution in [-0.4, -0.2) is 34.7 Å². The first-order valence-electron chi connectivity index (χ1n) is 4.01. The predicted molar refractivity (Wildman–Crippen MR) is 70.5 cm³/mol. The lowest BCUT2D eigenvalue weighted by Gasteiger charge is -1.92. The third-order valence-corrected chi connectivity index (χ3v) is 3.18. The molecule has 0 saturated heterocycles. The fourth-order valence-corrected chi connectivity index (χ4v) is 2.68. The first kappa shape index (κ1) is 14.0. The Kier molecular flexibility index (Phi) is 12.8. The van der Waals surface area contributed by atoms with Crippen molar-refractivity contribution in [3.8, 4) is 0 Å². The summed E-state index contributed by atoms with van der Waals surface area (Å²) in [5.74, 6) is 0. The number of benzene rings is 1. The van der Waals surface area contributed by atoms with Gasteiger partial charge in [0.15, 0.2) is 0 Å². The highest BCUT2D eigenvalue weighted by Gasteiger charge is 1.90. The van der Waals surface area contributed by atoms with E-state index in [-0.39, 0.29) is 18.2 Å². The normalized spacial score (nSPS) is 7.25. The molecule has 0 spiro atoms. The zero-order valence-electron chi connectivity index (χ0n) is 7.26. The van der Waals surface area contributed by atoms with Gasteiger partial charge in [0.2, 0.25) is 0 Å². The lowest BCUT2D eigenvalue weighted by atomic mass is 10.2. The van der Waals surface area contributed by atoms with Crippen LogP contribution in [0.3, 0.4) is 0 Å². The number of halogens is 2. The molecular formula is C8H10BrIMg2. The van der Waals surface area contributed by atoms with Crippen LogP contribution in [0.4, 0.5) is 0 Å². The van der Waals surface area contributed by atoms with E-state index in [2.05, 4.69) is 67.1 Å². The van der Waals surface area contributed by atoms with E-state index in [0.29, 0.717) is 16.5 Å². The van der Waals surface area contributed by atoms with Gasteiger partial charge in [-0.3, -0.25) is 0 Å². The maximum Gasteiger partial charge on any atom is 0.473 e. The van der Waals surface area contributed by atoms with E-state index in [0.717, 1.165) is 0 Å². The van der Waals surface area contributed by atoms with Crippen molar-refractivity contribution in [2.75, 3.05) is 0 Å². The second kappa shape index (κ2) is 11.0. The van der Waals surface area contributed by atoms with Gasteiger partial charge in [0.05, 0.1) is 0 Å². The van der Waals surface area contributed by atoms with E-state index in [1.165, 1.54) is 10.1 Å². The highest BCUT2D eigenvalue weighted by Crippen LogP contribution is 1.98. The molecule has 0 atom stereocenters. The Morgan fingerprint density at radius 3 is 2.25 bits per heavy atom. The first-order valence-corrected chi connectivity index (χ1v) is 15.4. The van der Waals surface area contributed by atoms with Crippen molar-refractivity contribution < 1.29 is 0 Å². The molecule has 12 heavy (non-hydrogen) atoms. The van der Waals surface area contributed by atoms with Gasteiger partial charge in [-0.05, 0) is 0 Å². The van der Waals surface area contributed by atoms with Crippen LogP contribution in [0.15, 0.2) is 30.3 Å². The Labute approximate surface area is 110 Å². The Hall–Kier alpha value is 1.96. The molecule has 1 aromatic rings. The van der Waals surface area contributed by atoms with Gasteiger partial charge in [0.1, 0.15) is 0 Å². The van der Waals surface area contributed by atoms with Gasteiger partial charge in [-0.1, -0.05) is 35.9 Å². The number of rotatable bonds is 2. The Morgan fingerprint density at radius 1 is 1.33 bits per heavy atom. The van der Waals surface area contributed by atoms with E-state index >= 15 is 0 Å². The molecule has 1 rings (SSSR count). The predicted octanol–water partition coefficient (Wildman–Crippen LogP) is 3.29. The molecule has 0 amide bonds. The van der Waals surface area contributed by atoms with E-state index in [1.807, 2.05) is 0 Å². The Morgan fingerprint density at radius 2 is 1.83 bits per heavy atom. The van der Waals surface area contributed by atoms with Gasteiger partial charge < -0.3 is 31.7 Å². The van der Waals surface area contributed by atoms with Crippen molar-refractivity contribution in [3.05, 3.63) is 35.9 Å². The van der Waals surface area contributed by atoms with Crippen LogP contribution in [0.2, 0.25) is 5.05 Å². The summed E-state index contributed by atoms with van der Waals surface area (Å²) in [5, 5.41) is 2.25. The summed E-state index contributed by atoms with van der Waals surface area (Å²) in [6.45, 7) is 0. The lowest BCUT2D eigenvalue weighted by molar-refractivity contribution is 1.40. The number of hydrogen-bond acceptors (Lipinski definition) is 0. The Bertz CT molecular complexity index is 182. The Balaban J connectivity index is 0.000000354. The van der Waals surface area contributed by atoms with Crippen molar-refractivity contribution in [3.63, 3.8) is 0 Å². The molecule has 0 aliphatic heterocycles. The van der Waals surface area contributed by atoms with Crippen molar-refractivity contribution in [1.29, 1.82) is 0 Å². The van der Waals surface area contributed by atoms with Crippen molar-refractivity contribution in [2.24, 2.45) is 0 Å². The summed E-state index contributed by atoms with van der Waals surface area (Å²) in [4.78, 5) is 0. The molecule has 0 fully saturated rings. The molecule has 0 N–H and O–H groups in total. The molecular weight excluding hydrogens is 352 g/mol. The third-order valence-electron chi connectivity index (χ3n) is 1.23. The third kappa shape index (κ3) is 8.56. The van der Waals surface area contributed by atoms with E-state index in [4.69, 9.17) is 0 Å². The summed E-state index contributed by atoms with van der Waals surface area (Å²) in [7, 11) is 0. The fourth-order valence-electron chi connectivity index (χ4n) is 0.754. The van der Waals surface area contributed by atoms with E-state index in [1.54, 1.807) is 0 Å². The summed E-state index contributed by atoms with van der Waals surface area (Å²) < 4.78 is 1.26. The lowest BCUT2D eigenvalue weighted by Crippen LogP contribution is -1.85. The monoisotopic (exact) mass is 360 g/mol. The molecule has 0 nitrogen and oxygen atoms in total. The van der Waals surface area contributed by atoms with Crippen LogP contribution >= 0.6 is 31.7 Å². The molecule has 0 heterocycles. The van der Waals surface area contributed by atoms with Crippen molar-refractivity contribution in [1.82, 2.24) is 0 Å². The van der Waals surface area contributed by atoms with Crippen LogP contribution in [0.25, 0.3) is 0 Å². The maximum absolute atomic E-state index is 3.52. The highest BCUT2D eigenvalue weighted by atomic mass is 127. The second-order valence-electron chi connectivity index (χ2n) is 2.19. The van der Waals surface area contributed by atoms with Gasteiger partial charge >= 0.3 is 34.7 Å². The standard InChI is InChI=1S/C7H7.CH3.BrH.HI.2Mg/c1-7-5-3-2-4-6-7;;;;;/h2-6H,1H2;1H3;2*1H;;/q;;;;2*+1/p-2. The van der Waals surface area contributed by atoms with Crippen LogP contribution < -0.4 is 0 Å². The van der Waals surface area contributed by atoms with Crippen molar-refractivity contribution in [2.45, 2.75) is 9.60 Å². The molecule has 0 aliphatic carbocycles. The second-order valence-corrected chi connectivity index (χ2v) is 10.6. The van der Waals surface area contributed by atoms with Crippen molar-refractivity contribution >= 4 is 66.4 Å². The van der Waals surface area contributed by atoms with Gasteiger partial charge in [0.25, 0.3) is 0 Å². The van der Waals surface area contributed by atoms with Gasteiger partial charge in [-0.15, -0.1) is 9.60 Å². The zero-order chi connectivity index (χ0) is 9.23. The molecule has 0 aromatic heterocycles. The summed E-state index contributed by atoms with van der Waals surface area (Å²) in [6.07, 6.45) is 0. The summed E-state index contributed by atoms with van der Waals surface area (Å²) in [5.41, 5.74) is 1.46. The van der Waals surface area contributed by atoms with Gasteiger partial charge in [0, 0.05) is 0 Å². The smallest absolute Gasteiger partial charge is 0.306 e. The molecule has 0 saturated carbocycles. The quantitative estimate of drug-likeness (QED) is 0.560. The fraction of sp³-hybridized carbons (Fsp3) is 0.250. The van der Waals surface area contributed by atoms with E-state index in [9.17, 15) is 0 Å². The minimum Gasteiger partial charge on any atom is -0.306 e. The molecule has 0 unspecified atom stereocenters. The molecule has 0 radical (unpaired) electrons. The largest absolute Gasteiger partial charge is 0.473 e. The molecule has 4 heteroatoms. The minimum absolute atomic E-state index is 0.0282. The summed E-state index contributed by atoms with van der Waals surface area (Å²) >= 11 is 6.37. The minimum atomic E-state index is 0.0282. The first-order chi connectivity index (χ1) is 5.85. The van der Waals surface area contributed by atoms with Crippen LogP contribution in [0.5, 0.6) is 0 Å². The average Bonchev–Trinajstić information content (AvgIpc) is 2.08. The highest BCUT2D eigenvalue weighted by molar-refractivity contribution is 14.1. The zero-order valence-corrected chi connectivity index (χ0v) is 13.8. The molecule has 0 aliphatic rings. The maximum atomic E-state index is 3.52. The topological polar surface area (TPSA) is 0 Å². The van der Waals surface area contributed by atoms with Crippen LogP contribution in [0, 0.1) is 0 Å². The van der Waals surface area contributed by atoms with Gasteiger partial charge in [-0.25, -0.2) is 0 Å².